The zero-order chi connectivity index (χ0) is 13.2. The average Bonchev–Trinajstić information content (AvgIpc) is 2.79. The molecule has 0 unspecified atom stereocenters. The normalized spacial score (nSPS) is 10.8. The van der Waals surface area contributed by atoms with E-state index in [1.165, 1.54) is 29.5 Å². The molecule has 0 amide bonds. The Kier molecular flexibility index (Phi) is 3.13. The van der Waals surface area contributed by atoms with Crippen molar-refractivity contribution in [3.63, 3.8) is 0 Å². The Balaban J connectivity index is 1.80. The molecule has 19 heavy (non-hydrogen) atoms. The van der Waals surface area contributed by atoms with Crippen LogP contribution in [0.2, 0.25) is 0 Å². The molecule has 2 nitrogen and oxygen atoms in total. The number of benzene rings is 2. The van der Waals surface area contributed by atoms with Gasteiger partial charge in [0, 0.05) is 18.2 Å². The number of halogens is 2. The van der Waals surface area contributed by atoms with Crippen LogP contribution in [0.5, 0.6) is 0 Å². The number of hydrogen-bond donors (Lipinski definition) is 1. The Morgan fingerprint density at radius 2 is 1.95 bits per heavy atom. The molecule has 3 rings (SSSR count). The quantitative estimate of drug-likeness (QED) is 0.776. The van der Waals surface area contributed by atoms with Crippen molar-refractivity contribution in [2.75, 3.05) is 5.32 Å². The third-order valence-corrected chi connectivity index (χ3v) is 3.73. The van der Waals surface area contributed by atoms with Gasteiger partial charge in [-0.15, -0.1) is 0 Å². The predicted octanol–water partition coefficient (Wildman–Crippen LogP) is 4.19. The third-order valence-electron chi connectivity index (χ3n) is 2.74. The molecule has 0 aliphatic heterocycles. The SMILES string of the molecule is Fc1ccc2sc(NCc3ccccc3F)nc2c1. The molecule has 0 bridgehead atoms. The van der Waals surface area contributed by atoms with Crippen LogP contribution in [0.1, 0.15) is 5.56 Å². The van der Waals surface area contributed by atoms with Gasteiger partial charge in [-0.3, -0.25) is 0 Å². The van der Waals surface area contributed by atoms with E-state index in [4.69, 9.17) is 0 Å². The van der Waals surface area contributed by atoms with Crippen molar-refractivity contribution in [1.29, 1.82) is 0 Å². The Bertz CT molecular complexity index is 724. The second-order valence-electron chi connectivity index (χ2n) is 4.08. The van der Waals surface area contributed by atoms with E-state index in [1.807, 2.05) is 0 Å². The van der Waals surface area contributed by atoms with Crippen LogP contribution < -0.4 is 5.32 Å². The summed E-state index contributed by atoms with van der Waals surface area (Å²) in [5.41, 5.74) is 1.19. The van der Waals surface area contributed by atoms with Crippen LogP contribution in [-0.2, 0) is 6.54 Å². The average molecular weight is 276 g/mol. The van der Waals surface area contributed by atoms with Crippen LogP contribution >= 0.6 is 11.3 Å². The Labute approximate surface area is 112 Å². The summed E-state index contributed by atoms with van der Waals surface area (Å²) in [5, 5.41) is 3.71. The fraction of sp³-hybridized carbons (Fsp3) is 0.0714. The van der Waals surface area contributed by atoms with E-state index in [9.17, 15) is 8.78 Å². The van der Waals surface area contributed by atoms with Crippen LogP contribution in [0.3, 0.4) is 0 Å². The maximum Gasteiger partial charge on any atom is 0.184 e. The lowest BCUT2D eigenvalue weighted by atomic mass is 10.2. The van der Waals surface area contributed by atoms with Crippen molar-refractivity contribution in [2.24, 2.45) is 0 Å². The largest absolute Gasteiger partial charge is 0.357 e. The molecule has 5 heteroatoms. The molecule has 0 aliphatic carbocycles. The van der Waals surface area contributed by atoms with Crippen molar-refractivity contribution in [3.8, 4) is 0 Å². The molecular weight excluding hydrogens is 266 g/mol. The molecule has 0 atom stereocenters. The van der Waals surface area contributed by atoms with Crippen molar-refractivity contribution < 1.29 is 8.78 Å². The lowest BCUT2D eigenvalue weighted by molar-refractivity contribution is 0.613. The van der Waals surface area contributed by atoms with E-state index in [0.29, 0.717) is 22.8 Å². The number of nitrogens with one attached hydrogen (secondary N) is 1. The second kappa shape index (κ2) is 4.93. The summed E-state index contributed by atoms with van der Waals surface area (Å²) in [5.74, 6) is -0.555. The minimum atomic E-state index is -0.307. The molecular formula is C14H10F2N2S. The smallest absolute Gasteiger partial charge is 0.184 e. The predicted molar refractivity (Wildman–Crippen MR) is 73.3 cm³/mol. The second-order valence-corrected chi connectivity index (χ2v) is 5.11. The first kappa shape index (κ1) is 12.0. The lowest BCUT2D eigenvalue weighted by Crippen LogP contribution is -2.00. The van der Waals surface area contributed by atoms with E-state index >= 15 is 0 Å². The number of rotatable bonds is 3. The van der Waals surface area contributed by atoms with Gasteiger partial charge in [0.2, 0.25) is 0 Å². The number of thiazole rings is 1. The lowest BCUT2D eigenvalue weighted by Gasteiger charge is -2.03. The molecule has 0 saturated carbocycles. The first-order chi connectivity index (χ1) is 9.22. The molecule has 0 radical (unpaired) electrons. The number of nitrogens with zero attached hydrogens (tertiary/aromatic N) is 1. The summed E-state index contributed by atoms with van der Waals surface area (Å²) in [6, 6.07) is 11.1. The van der Waals surface area contributed by atoms with Crippen LogP contribution in [0.4, 0.5) is 13.9 Å². The minimum Gasteiger partial charge on any atom is -0.357 e. The molecule has 96 valence electrons. The molecule has 1 heterocycles. The summed E-state index contributed by atoms with van der Waals surface area (Å²) in [6.45, 7) is 0.356. The maximum absolute atomic E-state index is 13.4. The van der Waals surface area contributed by atoms with Crippen LogP contribution in [0, 0.1) is 11.6 Å². The van der Waals surface area contributed by atoms with E-state index in [0.717, 1.165) is 4.70 Å². The minimum absolute atomic E-state index is 0.248. The van der Waals surface area contributed by atoms with E-state index in [2.05, 4.69) is 10.3 Å². The van der Waals surface area contributed by atoms with Gasteiger partial charge in [0.15, 0.2) is 5.13 Å². The number of aromatic nitrogens is 1. The highest BCUT2D eigenvalue weighted by Gasteiger charge is 2.06. The molecule has 1 N–H and O–H groups in total. The highest BCUT2D eigenvalue weighted by Crippen LogP contribution is 2.26. The zero-order valence-corrected chi connectivity index (χ0v) is 10.7. The van der Waals surface area contributed by atoms with Crippen LogP contribution in [0.25, 0.3) is 10.2 Å². The first-order valence-electron chi connectivity index (χ1n) is 5.76. The van der Waals surface area contributed by atoms with E-state index < -0.39 is 0 Å². The first-order valence-corrected chi connectivity index (χ1v) is 6.57. The van der Waals surface area contributed by atoms with Gasteiger partial charge in [-0.1, -0.05) is 29.5 Å². The highest BCUT2D eigenvalue weighted by molar-refractivity contribution is 7.22. The molecule has 0 fully saturated rings. The summed E-state index contributed by atoms with van der Waals surface area (Å²) in [6.07, 6.45) is 0. The van der Waals surface area contributed by atoms with Crippen molar-refractivity contribution in [3.05, 3.63) is 59.7 Å². The number of fused-ring (bicyclic) bond motifs is 1. The van der Waals surface area contributed by atoms with Crippen molar-refractivity contribution in [2.45, 2.75) is 6.54 Å². The van der Waals surface area contributed by atoms with Crippen molar-refractivity contribution in [1.82, 2.24) is 4.98 Å². The molecule has 2 aromatic carbocycles. The molecule has 1 aromatic heterocycles. The van der Waals surface area contributed by atoms with Gasteiger partial charge < -0.3 is 5.32 Å². The fourth-order valence-corrected chi connectivity index (χ4v) is 2.63. The topological polar surface area (TPSA) is 24.9 Å². The number of hydrogen-bond acceptors (Lipinski definition) is 3. The van der Waals surface area contributed by atoms with Gasteiger partial charge in [-0.25, -0.2) is 13.8 Å². The molecule has 0 spiro atoms. The zero-order valence-electron chi connectivity index (χ0n) is 9.86. The summed E-state index contributed by atoms with van der Waals surface area (Å²) in [4.78, 5) is 4.26. The van der Waals surface area contributed by atoms with Crippen LogP contribution in [-0.4, -0.2) is 4.98 Å². The summed E-state index contributed by atoms with van der Waals surface area (Å²) in [7, 11) is 0. The Morgan fingerprint density at radius 1 is 1.11 bits per heavy atom. The van der Waals surface area contributed by atoms with Gasteiger partial charge in [-0.05, 0) is 18.2 Å². The van der Waals surface area contributed by atoms with Gasteiger partial charge in [0.1, 0.15) is 11.6 Å². The molecule has 3 aromatic rings. The van der Waals surface area contributed by atoms with Gasteiger partial charge in [0.05, 0.1) is 10.2 Å². The molecule has 0 aliphatic rings. The standard InChI is InChI=1S/C14H10F2N2S/c15-10-5-6-13-12(7-10)18-14(19-13)17-8-9-3-1-2-4-11(9)16/h1-7H,8H2,(H,17,18). The van der Waals surface area contributed by atoms with E-state index in [-0.39, 0.29) is 11.6 Å². The summed E-state index contributed by atoms with van der Waals surface area (Å²) >= 11 is 1.42. The van der Waals surface area contributed by atoms with Crippen LogP contribution in [0.15, 0.2) is 42.5 Å². The van der Waals surface area contributed by atoms with E-state index in [1.54, 1.807) is 24.3 Å². The van der Waals surface area contributed by atoms with Gasteiger partial charge in [0.25, 0.3) is 0 Å². The molecule has 0 saturated heterocycles. The fourth-order valence-electron chi connectivity index (χ4n) is 1.79. The van der Waals surface area contributed by atoms with Gasteiger partial charge in [-0.2, -0.15) is 0 Å². The van der Waals surface area contributed by atoms with Gasteiger partial charge >= 0.3 is 0 Å². The number of anilines is 1. The monoisotopic (exact) mass is 276 g/mol. The highest BCUT2D eigenvalue weighted by atomic mass is 32.1. The summed E-state index contributed by atoms with van der Waals surface area (Å²) < 4.78 is 27.4. The Hall–Kier alpha value is -2.01. The Morgan fingerprint density at radius 3 is 2.79 bits per heavy atom. The maximum atomic E-state index is 13.4. The third kappa shape index (κ3) is 2.56. The van der Waals surface area contributed by atoms with Crippen molar-refractivity contribution >= 4 is 26.7 Å².